The van der Waals surface area contributed by atoms with Crippen LogP contribution in [0.5, 0.6) is 0 Å². The minimum Gasteiger partial charge on any atom is -0.313 e. The minimum atomic E-state index is 0.732. The summed E-state index contributed by atoms with van der Waals surface area (Å²) in [4.78, 5) is 2.57. The summed E-state index contributed by atoms with van der Waals surface area (Å²) in [5.41, 5.74) is 0. The molecule has 3 unspecified atom stereocenters. The topological polar surface area (TPSA) is 15.3 Å². The quantitative estimate of drug-likeness (QED) is 0.610. The first-order valence-corrected chi connectivity index (χ1v) is 5.72. The van der Waals surface area contributed by atoms with Crippen LogP contribution in [0.1, 0.15) is 32.6 Å². The van der Waals surface area contributed by atoms with Gasteiger partial charge in [0, 0.05) is 25.2 Å². The Morgan fingerprint density at radius 3 is 2.85 bits per heavy atom. The first-order chi connectivity index (χ1) is 6.29. The number of rotatable bonds is 0. The zero-order chi connectivity index (χ0) is 9.26. The van der Waals surface area contributed by atoms with Crippen LogP contribution in [-0.2, 0) is 0 Å². The molecule has 1 saturated heterocycles. The summed E-state index contributed by atoms with van der Waals surface area (Å²) in [6.45, 7) is 4.76. The van der Waals surface area contributed by atoms with Crippen LogP contribution in [0.15, 0.2) is 0 Å². The van der Waals surface area contributed by atoms with Gasteiger partial charge in [0.05, 0.1) is 0 Å². The Bertz CT molecular complexity index is 151. The van der Waals surface area contributed by atoms with E-state index in [-0.39, 0.29) is 0 Å². The average Bonchev–Trinajstić information content (AvgIpc) is 2.29. The van der Waals surface area contributed by atoms with Crippen molar-refractivity contribution in [3.8, 4) is 0 Å². The molecule has 0 spiro atoms. The summed E-state index contributed by atoms with van der Waals surface area (Å²) in [6, 6.07) is 1.59. The molecule has 2 rings (SSSR count). The van der Waals surface area contributed by atoms with Crippen molar-refractivity contribution in [3.05, 3.63) is 0 Å². The molecule has 0 amide bonds. The third kappa shape index (κ3) is 1.89. The maximum atomic E-state index is 3.63. The Morgan fingerprint density at radius 2 is 2.00 bits per heavy atom. The fourth-order valence-electron chi connectivity index (χ4n) is 3.06. The Labute approximate surface area is 81.7 Å². The van der Waals surface area contributed by atoms with Gasteiger partial charge in [0.25, 0.3) is 0 Å². The lowest BCUT2D eigenvalue weighted by Crippen LogP contribution is -2.43. The number of nitrogens with zero attached hydrogens (tertiary/aromatic N) is 1. The summed E-state index contributed by atoms with van der Waals surface area (Å²) >= 11 is 0. The van der Waals surface area contributed by atoms with Crippen molar-refractivity contribution in [2.75, 3.05) is 20.1 Å². The molecule has 1 aliphatic carbocycles. The Morgan fingerprint density at radius 1 is 1.23 bits per heavy atom. The fourth-order valence-corrected chi connectivity index (χ4v) is 3.06. The van der Waals surface area contributed by atoms with E-state index >= 15 is 0 Å². The van der Waals surface area contributed by atoms with E-state index in [1.807, 2.05) is 0 Å². The van der Waals surface area contributed by atoms with Gasteiger partial charge in [0.1, 0.15) is 0 Å². The van der Waals surface area contributed by atoms with E-state index in [9.17, 15) is 0 Å². The lowest BCUT2D eigenvalue weighted by atomic mass is 9.80. The molecule has 1 saturated carbocycles. The molecule has 1 N–H and O–H groups in total. The maximum absolute atomic E-state index is 3.63. The third-order valence-corrected chi connectivity index (χ3v) is 3.92. The van der Waals surface area contributed by atoms with Gasteiger partial charge in [-0.1, -0.05) is 12.8 Å². The fraction of sp³-hybridized carbons (Fsp3) is 1.00. The van der Waals surface area contributed by atoms with Gasteiger partial charge in [0.2, 0.25) is 0 Å². The van der Waals surface area contributed by atoms with Gasteiger partial charge in [-0.25, -0.2) is 0 Å². The van der Waals surface area contributed by atoms with Crippen LogP contribution in [0.2, 0.25) is 0 Å². The highest BCUT2D eigenvalue weighted by Gasteiger charge is 2.33. The molecule has 1 aliphatic heterocycles. The Kier molecular flexibility index (Phi) is 2.89. The molecule has 2 aliphatic rings. The zero-order valence-corrected chi connectivity index (χ0v) is 8.92. The summed E-state index contributed by atoms with van der Waals surface area (Å²) in [5, 5.41) is 3.63. The average molecular weight is 182 g/mol. The molecule has 0 bridgehead atoms. The molecule has 13 heavy (non-hydrogen) atoms. The lowest BCUT2D eigenvalue weighted by molar-refractivity contribution is 0.135. The molecule has 1 heterocycles. The molecule has 2 heteroatoms. The smallest absolute Gasteiger partial charge is 0.0136 e. The molecule has 0 aromatic carbocycles. The summed E-state index contributed by atoms with van der Waals surface area (Å²) in [5.74, 6) is 0.904. The predicted molar refractivity (Wildman–Crippen MR) is 55.8 cm³/mol. The first kappa shape index (κ1) is 9.47. The van der Waals surface area contributed by atoms with Crippen LogP contribution >= 0.6 is 0 Å². The number of nitrogens with one attached hydrogen (secondary N) is 1. The van der Waals surface area contributed by atoms with Crippen molar-refractivity contribution in [3.63, 3.8) is 0 Å². The molecular formula is C11H22N2. The summed E-state index contributed by atoms with van der Waals surface area (Å²) in [7, 11) is 2.29. The van der Waals surface area contributed by atoms with Gasteiger partial charge in [0.15, 0.2) is 0 Å². The zero-order valence-electron chi connectivity index (χ0n) is 8.92. The van der Waals surface area contributed by atoms with Crippen molar-refractivity contribution in [2.45, 2.75) is 44.7 Å². The maximum Gasteiger partial charge on any atom is 0.0136 e. The van der Waals surface area contributed by atoms with Crippen molar-refractivity contribution in [2.24, 2.45) is 5.92 Å². The van der Waals surface area contributed by atoms with E-state index < -0.39 is 0 Å². The van der Waals surface area contributed by atoms with Gasteiger partial charge in [-0.05, 0) is 32.7 Å². The lowest BCUT2D eigenvalue weighted by Gasteiger charge is -2.38. The highest BCUT2D eigenvalue weighted by Crippen LogP contribution is 2.31. The highest BCUT2D eigenvalue weighted by molar-refractivity contribution is 4.90. The normalized spacial score (nSPS) is 42.5. The largest absolute Gasteiger partial charge is 0.313 e. The second-order valence-electron chi connectivity index (χ2n) is 4.74. The molecule has 76 valence electrons. The molecule has 0 aromatic rings. The van der Waals surface area contributed by atoms with E-state index in [0.717, 1.165) is 18.0 Å². The molecule has 2 fully saturated rings. The van der Waals surface area contributed by atoms with E-state index in [1.165, 1.54) is 38.8 Å². The third-order valence-electron chi connectivity index (χ3n) is 3.92. The minimum absolute atomic E-state index is 0.732. The Hall–Kier alpha value is -0.0800. The van der Waals surface area contributed by atoms with Crippen LogP contribution in [0.25, 0.3) is 0 Å². The van der Waals surface area contributed by atoms with E-state index in [4.69, 9.17) is 0 Å². The molecule has 2 nitrogen and oxygen atoms in total. The first-order valence-electron chi connectivity index (χ1n) is 5.72. The van der Waals surface area contributed by atoms with Crippen LogP contribution < -0.4 is 5.32 Å². The van der Waals surface area contributed by atoms with Gasteiger partial charge >= 0.3 is 0 Å². The van der Waals surface area contributed by atoms with Gasteiger partial charge < -0.3 is 10.2 Å². The van der Waals surface area contributed by atoms with Gasteiger partial charge in [-0.2, -0.15) is 0 Å². The van der Waals surface area contributed by atoms with Crippen LogP contribution in [-0.4, -0.2) is 37.1 Å². The summed E-state index contributed by atoms with van der Waals surface area (Å²) in [6.07, 6.45) is 5.75. The number of fused-ring (bicyclic) bond motifs is 1. The van der Waals surface area contributed by atoms with Crippen molar-refractivity contribution in [1.82, 2.24) is 10.2 Å². The van der Waals surface area contributed by atoms with Gasteiger partial charge in [-0.3, -0.25) is 0 Å². The molecular weight excluding hydrogens is 160 g/mol. The van der Waals surface area contributed by atoms with Crippen molar-refractivity contribution < 1.29 is 0 Å². The SMILES string of the molecule is CC1NCCN(C)C2CCCCC12. The van der Waals surface area contributed by atoms with Crippen LogP contribution in [0.4, 0.5) is 0 Å². The standard InChI is InChI=1S/C11H22N2/c1-9-10-5-3-4-6-11(10)13(2)8-7-12-9/h9-12H,3-8H2,1-2H3. The van der Waals surface area contributed by atoms with E-state index in [0.29, 0.717) is 0 Å². The Balaban J connectivity index is 2.09. The highest BCUT2D eigenvalue weighted by atomic mass is 15.2. The second-order valence-corrected chi connectivity index (χ2v) is 4.74. The van der Waals surface area contributed by atoms with Crippen molar-refractivity contribution in [1.29, 1.82) is 0 Å². The molecule has 3 atom stereocenters. The monoisotopic (exact) mass is 182 g/mol. The van der Waals surface area contributed by atoms with E-state index in [1.54, 1.807) is 0 Å². The van der Waals surface area contributed by atoms with E-state index in [2.05, 4.69) is 24.2 Å². The second kappa shape index (κ2) is 3.97. The van der Waals surface area contributed by atoms with Crippen LogP contribution in [0.3, 0.4) is 0 Å². The number of hydrogen-bond donors (Lipinski definition) is 1. The predicted octanol–water partition coefficient (Wildman–Crippen LogP) is 1.47. The number of hydrogen-bond acceptors (Lipinski definition) is 2. The van der Waals surface area contributed by atoms with Gasteiger partial charge in [-0.15, -0.1) is 0 Å². The number of likely N-dealkylation sites (N-methyl/N-ethyl adjacent to an activating group) is 1. The van der Waals surface area contributed by atoms with Crippen LogP contribution in [0, 0.1) is 5.92 Å². The molecule has 0 aromatic heterocycles. The van der Waals surface area contributed by atoms with Crippen molar-refractivity contribution >= 4 is 0 Å². The molecule has 0 radical (unpaired) electrons. The summed E-state index contributed by atoms with van der Waals surface area (Å²) < 4.78 is 0.